The topological polar surface area (TPSA) is 51.4 Å². The van der Waals surface area contributed by atoms with Crippen molar-refractivity contribution < 1.29 is 4.74 Å². The quantitative estimate of drug-likeness (QED) is 0.753. The van der Waals surface area contributed by atoms with Crippen LogP contribution >= 0.6 is 0 Å². The van der Waals surface area contributed by atoms with Crippen LogP contribution in [-0.2, 0) is 4.74 Å². The van der Waals surface area contributed by atoms with Gasteiger partial charge in [0.2, 0.25) is 0 Å². The Morgan fingerprint density at radius 3 is 3.20 bits per heavy atom. The molecule has 1 aliphatic heterocycles. The summed E-state index contributed by atoms with van der Waals surface area (Å²) in [6, 6.07) is 5.74. The molecule has 4 heteroatoms. The minimum atomic E-state index is 0.260. The van der Waals surface area contributed by atoms with E-state index in [4.69, 9.17) is 10.5 Å². The van der Waals surface area contributed by atoms with Gasteiger partial charge in [0, 0.05) is 19.7 Å². The number of aromatic nitrogens is 1. The van der Waals surface area contributed by atoms with Crippen molar-refractivity contribution in [2.24, 2.45) is 0 Å². The number of rotatable bonds is 1. The molecule has 1 atom stereocenters. The van der Waals surface area contributed by atoms with Crippen LogP contribution in [0.4, 0.5) is 11.6 Å². The zero-order chi connectivity index (χ0) is 10.7. The van der Waals surface area contributed by atoms with E-state index < -0.39 is 0 Å². The normalized spacial score (nSPS) is 22.5. The summed E-state index contributed by atoms with van der Waals surface area (Å²) >= 11 is 0. The lowest BCUT2D eigenvalue weighted by Gasteiger charge is -2.23. The highest BCUT2D eigenvalue weighted by Crippen LogP contribution is 2.16. The molecule has 1 saturated heterocycles. The first-order valence-electron chi connectivity index (χ1n) is 5.35. The lowest BCUT2D eigenvalue weighted by molar-refractivity contribution is 0.0820. The number of nitrogen functional groups attached to an aromatic ring is 1. The van der Waals surface area contributed by atoms with Gasteiger partial charge in [0.05, 0.1) is 6.10 Å². The van der Waals surface area contributed by atoms with Crippen LogP contribution in [0.2, 0.25) is 0 Å². The van der Waals surface area contributed by atoms with Gasteiger partial charge in [-0.25, -0.2) is 4.98 Å². The van der Waals surface area contributed by atoms with Crippen LogP contribution in [0, 0.1) is 0 Å². The van der Waals surface area contributed by atoms with E-state index in [1.54, 1.807) is 6.07 Å². The van der Waals surface area contributed by atoms with E-state index >= 15 is 0 Å². The predicted molar refractivity (Wildman–Crippen MR) is 60.9 cm³/mol. The van der Waals surface area contributed by atoms with Crippen molar-refractivity contribution in [2.45, 2.75) is 19.4 Å². The summed E-state index contributed by atoms with van der Waals surface area (Å²) in [5.74, 6) is 1.53. The van der Waals surface area contributed by atoms with E-state index in [1.165, 1.54) is 0 Å². The largest absolute Gasteiger partial charge is 0.384 e. The second kappa shape index (κ2) is 4.49. The summed E-state index contributed by atoms with van der Waals surface area (Å²) in [5.41, 5.74) is 5.67. The van der Waals surface area contributed by atoms with Crippen LogP contribution < -0.4 is 10.6 Å². The van der Waals surface area contributed by atoms with Crippen molar-refractivity contribution in [3.63, 3.8) is 0 Å². The Hall–Kier alpha value is -1.29. The van der Waals surface area contributed by atoms with Crippen LogP contribution in [-0.4, -0.2) is 30.8 Å². The molecule has 82 valence electrons. The van der Waals surface area contributed by atoms with Crippen LogP contribution in [0.15, 0.2) is 18.2 Å². The highest BCUT2D eigenvalue weighted by molar-refractivity contribution is 5.44. The summed E-state index contributed by atoms with van der Waals surface area (Å²) in [6.07, 6.45) is 1.30. The Morgan fingerprint density at radius 2 is 2.40 bits per heavy atom. The molecule has 0 aromatic carbocycles. The van der Waals surface area contributed by atoms with Gasteiger partial charge < -0.3 is 15.4 Å². The third-order valence-corrected chi connectivity index (χ3v) is 2.53. The van der Waals surface area contributed by atoms with E-state index in [0.717, 1.165) is 31.9 Å². The van der Waals surface area contributed by atoms with E-state index in [0.29, 0.717) is 5.82 Å². The third-order valence-electron chi connectivity index (χ3n) is 2.53. The van der Waals surface area contributed by atoms with Crippen molar-refractivity contribution in [2.75, 3.05) is 30.3 Å². The molecule has 1 fully saturated rings. The fourth-order valence-corrected chi connectivity index (χ4v) is 1.82. The molecule has 0 amide bonds. The number of pyridine rings is 1. The van der Waals surface area contributed by atoms with Gasteiger partial charge in [-0.05, 0) is 25.5 Å². The number of hydrogen-bond donors (Lipinski definition) is 1. The van der Waals surface area contributed by atoms with Crippen LogP contribution in [0.5, 0.6) is 0 Å². The average Bonchev–Trinajstić information content (AvgIpc) is 2.43. The van der Waals surface area contributed by atoms with Gasteiger partial charge in [0.25, 0.3) is 0 Å². The molecule has 2 heterocycles. The summed E-state index contributed by atoms with van der Waals surface area (Å²) < 4.78 is 5.58. The fourth-order valence-electron chi connectivity index (χ4n) is 1.82. The van der Waals surface area contributed by atoms with Crippen molar-refractivity contribution in [1.29, 1.82) is 0 Å². The number of anilines is 2. The van der Waals surface area contributed by atoms with Crippen LogP contribution in [0.3, 0.4) is 0 Å². The molecule has 4 nitrogen and oxygen atoms in total. The van der Waals surface area contributed by atoms with Crippen molar-refractivity contribution in [3.05, 3.63) is 18.2 Å². The van der Waals surface area contributed by atoms with E-state index in [1.807, 2.05) is 12.1 Å². The Kier molecular flexibility index (Phi) is 3.06. The predicted octanol–water partition coefficient (Wildman–Crippen LogP) is 1.28. The number of nitrogens with two attached hydrogens (primary N) is 1. The summed E-state index contributed by atoms with van der Waals surface area (Å²) in [6.45, 7) is 4.79. The highest BCUT2D eigenvalue weighted by atomic mass is 16.5. The first kappa shape index (κ1) is 10.2. The maximum absolute atomic E-state index is 5.67. The zero-order valence-electron chi connectivity index (χ0n) is 9.02. The van der Waals surface area contributed by atoms with Crippen LogP contribution in [0.1, 0.15) is 13.3 Å². The molecule has 15 heavy (non-hydrogen) atoms. The van der Waals surface area contributed by atoms with E-state index in [-0.39, 0.29) is 6.10 Å². The standard InChI is InChI=1S/C11H17N3O/c1-9-8-14(6-3-7-15-9)11-5-2-4-10(12)13-11/h2,4-5,9H,3,6-8H2,1H3,(H2,12,13). The molecule has 0 bridgehead atoms. The molecule has 0 spiro atoms. The first-order chi connectivity index (χ1) is 7.25. The molecule has 0 aliphatic carbocycles. The lowest BCUT2D eigenvalue weighted by atomic mass is 10.3. The number of nitrogens with zero attached hydrogens (tertiary/aromatic N) is 2. The zero-order valence-corrected chi connectivity index (χ0v) is 9.02. The Bertz CT molecular complexity index is 329. The summed E-state index contributed by atoms with van der Waals surface area (Å²) in [4.78, 5) is 6.55. The van der Waals surface area contributed by atoms with Crippen molar-refractivity contribution in [1.82, 2.24) is 4.98 Å². The second-order valence-electron chi connectivity index (χ2n) is 3.90. The molecule has 0 saturated carbocycles. The van der Waals surface area contributed by atoms with Crippen LogP contribution in [0.25, 0.3) is 0 Å². The maximum atomic E-state index is 5.67. The minimum absolute atomic E-state index is 0.260. The number of ether oxygens (including phenoxy) is 1. The smallest absolute Gasteiger partial charge is 0.131 e. The lowest BCUT2D eigenvalue weighted by Crippen LogP contribution is -2.30. The molecule has 1 aliphatic rings. The maximum Gasteiger partial charge on any atom is 0.131 e. The van der Waals surface area contributed by atoms with Gasteiger partial charge in [-0.2, -0.15) is 0 Å². The van der Waals surface area contributed by atoms with Crippen molar-refractivity contribution >= 4 is 11.6 Å². The first-order valence-corrected chi connectivity index (χ1v) is 5.35. The highest BCUT2D eigenvalue weighted by Gasteiger charge is 2.16. The third kappa shape index (κ3) is 2.59. The van der Waals surface area contributed by atoms with Gasteiger partial charge in [-0.1, -0.05) is 6.07 Å². The molecular weight excluding hydrogens is 190 g/mol. The Balaban J connectivity index is 2.14. The molecule has 1 aromatic rings. The number of hydrogen-bond acceptors (Lipinski definition) is 4. The molecular formula is C11H17N3O. The van der Waals surface area contributed by atoms with Gasteiger partial charge >= 0.3 is 0 Å². The average molecular weight is 207 g/mol. The van der Waals surface area contributed by atoms with E-state index in [2.05, 4.69) is 16.8 Å². The molecule has 1 aromatic heterocycles. The van der Waals surface area contributed by atoms with Crippen molar-refractivity contribution in [3.8, 4) is 0 Å². The van der Waals surface area contributed by atoms with Gasteiger partial charge in [-0.3, -0.25) is 0 Å². The molecule has 2 N–H and O–H groups in total. The fraction of sp³-hybridized carbons (Fsp3) is 0.545. The van der Waals surface area contributed by atoms with E-state index in [9.17, 15) is 0 Å². The minimum Gasteiger partial charge on any atom is -0.384 e. The monoisotopic (exact) mass is 207 g/mol. The van der Waals surface area contributed by atoms with Gasteiger partial charge in [0.1, 0.15) is 11.6 Å². The molecule has 0 radical (unpaired) electrons. The SMILES string of the molecule is CC1CN(c2cccc(N)n2)CCCO1. The molecule has 1 unspecified atom stereocenters. The molecule has 2 rings (SSSR count). The Labute approximate surface area is 90.0 Å². The summed E-state index contributed by atoms with van der Waals surface area (Å²) in [7, 11) is 0. The second-order valence-corrected chi connectivity index (χ2v) is 3.90. The summed E-state index contributed by atoms with van der Waals surface area (Å²) in [5, 5.41) is 0. The van der Waals surface area contributed by atoms with Gasteiger partial charge in [-0.15, -0.1) is 0 Å². The van der Waals surface area contributed by atoms with Gasteiger partial charge in [0.15, 0.2) is 0 Å². The Morgan fingerprint density at radius 1 is 1.53 bits per heavy atom.